The summed E-state index contributed by atoms with van der Waals surface area (Å²) in [7, 11) is -3.84. The molecule has 10 heteroatoms. The number of hydrogen-bond acceptors (Lipinski definition) is 5. The van der Waals surface area contributed by atoms with Crippen molar-refractivity contribution >= 4 is 21.8 Å². The summed E-state index contributed by atoms with van der Waals surface area (Å²) in [5, 5.41) is 2.53. The maximum Gasteiger partial charge on any atom is 0.254 e. The Balaban J connectivity index is 1.61. The van der Waals surface area contributed by atoms with Gasteiger partial charge >= 0.3 is 0 Å². The lowest BCUT2D eigenvalue weighted by Gasteiger charge is -2.26. The van der Waals surface area contributed by atoms with Gasteiger partial charge in [-0.05, 0) is 31.0 Å². The number of morpholine rings is 1. The number of sulfonamides is 1. The van der Waals surface area contributed by atoms with E-state index in [0.29, 0.717) is 13.2 Å². The van der Waals surface area contributed by atoms with Crippen LogP contribution in [0.25, 0.3) is 0 Å². The number of likely N-dealkylation sites (tertiary alicyclic amines) is 1. The number of hydrogen-bond donors (Lipinski definition) is 1. The molecule has 0 unspecified atom stereocenters. The van der Waals surface area contributed by atoms with Crippen molar-refractivity contribution in [1.82, 2.24) is 14.5 Å². The quantitative estimate of drug-likeness (QED) is 0.719. The molecule has 2 aliphatic rings. The minimum Gasteiger partial charge on any atom is -0.379 e. The summed E-state index contributed by atoms with van der Waals surface area (Å²) in [5.41, 5.74) is -0.355. The standard InChI is InChI=1S/C20H28FN3O5S/c21-18-6-5-16(30(27,28)24-11-13-29-14-12-24)15-17(18)20(26)22-8-7-19(25)23-9-3-1-2-4-10-23/h5-6,15H,1-4,7-14H2,(H,22,26). The van der Waals surface area contributed by atoms with Crippen molar-refractivity contribution < 1.29 is 27.1 Å². The Labute approximate surface area is 176 Å². The fraction of sp³-hybridized carbons (Fsp3) is 0.600. The molecule has 2 saturated heterocycles. The van der Waals surface area contributed by atoms with Gasteiger partial charge < -0.3 is 15.0 Å². The SMILES string of the molecule is O=C(NCCC(=O)N1CCCCCC1)c1cc(S(=O)(=O)N2CCOCC2)ccc1F. The zero-order chi connectivity index (χ0) is 21.6. The van der Waals surface area contributed by atoms with Gasteiger partial charge in [-0.3, -0.25) is 9.59 Å². The van der Waals surface area contributed by atoms with Crippen molar-refractivity contribution in [3.63, 3.8) is 0 Å². The van der Waals surface area contributed by atoms with Crippen LogP contribution in [-0.2, 0) is 19.6 Å². The molecule has 166 valence electrons. The summed E-state index contributed by atoms with van der Waals surface area (Å²) in [6, 6.07) is 3.18. The number of carbonyl (C=O) groups excluding carboxylic acids is 2. The highest BCUT2D eigenvalue weighted by Crippen LogP contribution is 2.20. The summed E-state index contributed by atoms with van der Waals surface area (Å²) < 4.78 is 46.1. The van der Waals surface area contributed by atoms with Gasteiger partial charge in [0.2, 0.25) is 15.9 Å². The maximum atomic E-state index is 14.2. The highest BCUT2D eigenvalue weighted by molar-refractivity contribution is 7.89. The molecule has 1 aromatic rings. The number of nitrogens with one attached hydrogen (secondary N) is 1. The van der Waals surface area contributed by atoms with Gasteiger partial charge in [0, 0.05) is 39.1 Å². The van der Waals surface area contributed by atoms with Crippen LogP contribution in [0.5, 0.6) is 0 Å². The molecule has 0 aromatic heterocycles. The second kappa shape index (κ2) is 10.3. The van der Waals surface area contributed by atoms with Gasteiger partial charge in [0.1, 0.15) is 5.82 Å². The van der Waals surface area contributed by atoms with E-state index in [1.807, 2.05) is 0 Å². The van der Waals surface area contributed by atoms with Crippen LogP contribution in [0, 0.1) is 5.82 Å². The minimum atomic E-state index is -3.84. The van der Waals surface area contributed by atoms with Gasteiger partial charge in [-0.15, -0.1) is 0 Å². The number of carbonyl (C=O) groups is 2. The Bertz CT molecular complexity index is 863. The molecule has 2 aliphatic heterocycles. The van der Waals surface area contributed by atoms with Gasteiger partial charge in [0.05, 0.1) is 23.7 Å². The molecule has 0 saturated carbocycles. The van der Waals surface area contributed by atoms with E-state index in [4.69, 9.17) is 4.74 Å². The Morgan fingerprint density at radius 1 is 1.03 bits per heavy atom. The first-order chi connectivity index (χ1) is 14.4. The van der Waals surface area contributed by atoms with Crippen LogP contribution in [0.15, 0.2) is 23.1 Å². The van der Waals surface area contributed by atoms with Gasteiger partial charge in [0.15, 0.2) is 0 Å². The largest absolute Gasteiger partial charge is 0.379 e. The van der Waals surface area contributed by atoms with Crippen molar-refractivity contribution in [2.45, 2.75) is 37.0 Å². The Hall–Kier alpha value is -2.04. The number of halogens is 1. The van der Waals surface area contributed by atoms with E-state index in [1.54, 1.807) is 4.90 Å². The normalized spacial score (nSPS) is 18.6. The molecule has 3 rings (SSSR count). The molecule has 2 fully saturated rings. The third kappa shape index (κ3) is 5.55. The van der Waals surface area contributed by atoms with E-state index in [-0.39, 0.29) is 42.4 Å². The van der Waals surface area contributed by atoms with E-state index < -0.39 is 21.7 Å². The molecule has 2 heterocycles. The first-order valence-corrected chi connectivity index (χ1v) is 11.8. The summed E-state index contributed by atoms with van der Waals surface area (Å²) >= 11 is 0. The van der Waals surface area contributed by atoms with E-state index in [9.17, 15) is 22.4 Å². The summed E-state index contributed by atoms with van der Waals surface area (Å²) in [6.07, 6.45) is 4.31. The summed E-state index contributed by atoms with van der Waals surface area (Å²) in [6.45, 7) is 2.51. The molecule has 1 aromatic carbocycles. The Morgan fingerprint density at radius 3 is 2.37 bits per heavy atom. The lowest BCUT2D eigenvalue weighted by Crippen LogP contribution is -2.40. The highest BCUT2D eigenvalue weighted by atomic mass is 32.2. The molecule has 0 atom stereocenters. The van der Waals surface area contributed by atoms with E-state index in [1.165, 1.54) is 4.31 Å². The van der Waals surface area contributed by atoms with Crippen LogP contribution in [0.2, 0.25) is 0 Å². The van der Waals surface area contributed by atoms with Crippen molar-refractivity contribution in [1.29, 1.82) is 0 Å². The predicted molar refractivity (Wildman–Crippen MR) is 108 cm³/mol. The topological polar surface area (TPSA) is 96.0 Å². The molecule has 1 N–H and O–H groups in total. The molecule has 30 heavy (non-hydrogen) atoms. The van der Waals surface area contributed by atoms with Crippen molar-refractivity contribution in [3.05, 3.63) is 29.6 Å². The summed E-state index contributed by atoms with van der Waals surface area (Å²) in [5.74, 6) is -1.59. The third-order valence-corrected chi connectivity index (χ3v) is 7.27. The molecule has 2 amide bonds. The smallest absolute Gasteiger partial charge is 0.254 e. The van der Waals surface area contributed by atoms with Crippen molar-refractivity contribution in [2.24, 2.45) is 0 Å². The zero-order valence-corrected chi connectivity index (χ0v) is 17.8. The lowest BCUT2D eigenvalue weighted by molar-refractivity contribution is -0.131. The van der Waals surface area contributed by atoms with Gasteiger partial charge in [0.25, 0.3) is 5.91 Å². The number of nitrogens with zero attached hydrogens (tertiary/aromatic N) is 2. The van der Waals surface area contributed by atoms with Gasteiger partial charge in [-0.1, -0.05) is 12.8 Å². The minimum absolute atomic E-state index is 0.0404. The summed E-state index contributed by atoms with van der Waals surface area (Å²) in [4.78, 5) is 26.4. The predicted octanol–water partition coefficient (Wildman–Crippen LogP) is 1.37. The molecule has 8 nitrogen and oxygen atoms in total. The average molecular weight is 442 g/mol. The van der Waals surface area contributed by atoms with Crippen LogP contribution in [0.1, 0.15) is 42.5 Å². The molecule has 0 radical (unpaired) electrons. The van der Waals surface area contributed by atoms with Crippen LogP contribution < -0.4 is 5.32 Å². The maximum absolute atomic E-state index is 14.2. The monoisotopic (exact) mass is 441 g/mol. The van der Waals surface area contributed by atoms with Gasteiger partial charge in [-0.2, -0.15) is 4.31 Å². The van der Waals surface area contributed by atoms with E-state index in [0.717, 1.165) is 57.0 Å². The first-order valence-electron chi connectivity index (χ1n) is 10.3. The molecule has 0 aliphatic carbocycles. The number of amides is 2. The number of ether oxygens (including phenoxy) is 1. The van der Waals surface area contributed by atoms with Crippen LogP contribution in [-0.4, -0.2) is 75.4 Å². The van der Waals surface area contributed by atoms with Crippen LogP contribution >= 0.6 is 0 Å². The number of benzene rings is 1. The molecular weight excluding hydrogens is 413 g/mol. The highest BCUT2D eigenvalue weighted by Gasteiger charge is 2.28. The van der Waals surface area contributed by atoms with E-state index >= 15 is 0 Å². The average Bonchev–Trinajstić information content (AvgIpc) is 3.04. The van der Waals surface area contributed by atoms with Crippen molar-refractivity contribution in [3.8, 4) is 0 Å². The second-order valence-electron chi connectivity index (χ2n) is 7.46. The lowest BCUT2D eigenvalue weighted by atomic mass is 10.2. The van der Waals surface area contributed by atoms with E-state index in [2.05, 4.69) is 5.32 Å². The third-order valence-electron chi connectivity index (χ3n) is 5.37. The Kier molecular flexibility index (Phi) is 7.79. The fourth-order valence-electron chi connectivity index (χ4n) is 3.63. The molecule has 0 bridgehead atoms. The van der Waals surface area contributed by atoms with Crippen LogP contribution in [0.4, 0.5) is 4.39 Å². The molecular formula is C20H28FN3O5S. The zero-order valence-electron chi connectivity index (χ0n) is 16.9. The van der Waals surface area contributed by atoms with Crippen LogP contribution in [0.3, 0.4) is 0 Å². The molecule has 0 spiro atoms. The number of rotatable bonds is 6. The van der Waals surface area contributed by atoms with Gasteiger partial charge in [-0.25, -0.2) is 12.8 Å². The fourth-order valence-corrected chi connectivity index (χ4v) is 5.07. The second-order valence-corrected chi connectivity index (χ2v) is 9.40. The Morgan fingerprint density at radius 2 is 1.70 bits per heavy atom. The first kappa shape index (κ1) is 22.6. The van der Waals surface area contributed by atoms with Crippen molar-refractivity contribution in [2.75, 3.05) is 45.9 Å².